The second kappa shape index (κ2) is 6.04. The van der Waals surface area contributed by atoms with Gasteiger partial charge in [-0.3, -0.25) is 19.6 Å². The predicted molar refractivity (Wildman–Crippen MR) is 92.3 cm³/mol. The van der Waals surface area contributed by atoms with Gasteiger partial charge in [0, 0.05) is 40.5 Å². The molecule has 0 aliphatic carbocycles. The zero-order valence-electron chi connectivity index (χ0n) is 13.4. The number of non-ortho nitro benzene ring substituents is 1. The van der Waals surface area contributed by atoms with Gasteiger partial charge in [-0.25, -0.2) is 0 Å². The van der Waals surface area contributed by atoms with Crippen LogP contribution in [0.15, 0.2) is 30.5 Å². The van der Waals surface area contributed by atoms with E-state index in [1.54, 1.807) is 23.0 Å². The largest absolute Gasteiger partial charge is 0.345 e. The van der Waals surface area contributed by atoms with Crippen molar-refractivity contribution < 1.29 is 9.72 Å². The van der Waals surface area contributed by atoms with Gasteiger partial charge in [-0.15, -0.1) is 11.3 Å². The lowest BCUT2D eigenvalue weighted by Crippen LogP contribution is -2.26. The Morgan fingerprint density at radius 2 is 2.17 bits per heavy atom. The van der Waals surface area contributed by atoms with E-state index in [-0.39, 0.29) is 17.6 Å². The van der Waals surface area contributed by atoms with Crippen molar-refractivity contribution in [2.45, 2.75) is 19.9 Å². The highest BCUT2D eigenvalue weighted by Gasteiger charge is 2.18. The Labute approximate surface area is 142 Å². The van der Waals surface area contributed by atoms with Crippen LogP contribution in [-0.2, 0) is 7.05 Å². The number of carbonyl (C=O) groups is 1. The van der Waals surface area contributed by atoms with Crippen molar-refractivity contribution in [1.82, 2.24) is 15.1 Å². The molecule has 0 unspecified atom stereocenters. The lowest BCUT2D eigenvalue weighted by Gasteiger charge is -2.12. The number of nitro benzene ring substituents is 1. The van der Waals surface area contributed by atoms with Gasteiger partial charge in [0.1, 0.15) is 0 Å². The fourth-order valence-electron chi connectivity index (χ4n) is 2.54. The summed E-state index contributed by atoms with van der Waals surface area (Å²) >= 11 is 1.32. The summed E-state index contributed by atoms with van der Waals surface area (Å²) < 4.78 is 2.60. The van der Waals surface area contributed by atoms with Gasteiger partial charge in [-0.1, -0.05) is 0 Å². The Hall–Kier alpha value is -2.74. The number of thiophene rings is 1. The molecule has 0 radical (unpaired) electrons. The average molecular weight is 344 g/mol. The van der Waals surface area contributed by atoms with Crippen LogP contribution in [0.1, 0.15) is 33.9 Å². The van der Waals surface area contributed by atoms with Gasteiger partial charge >= 0.3 is 0 Å². The highest BCUT2D eigenvalue weighted by molar-refractivity contribution is 7.20. The van der Waals surface area contributed by atoms with Gasteiger partial charge in [-0.05, 0) is 26.0 Å². The van der Waals surface area contributed by atoms with E-state index >= 15 is 0 Å². The Morgan fingerprint density at radius 1 is 1.42 bits per heavy atom. The van der Waals surface area contributed by atoms with E-state index < -0.39 is 4.92 Å². The number of nitro groups is 1. The van der Waals surface area contributed by atoms with Crippen LogP contribution >= 0.6 is 11.3 Å². The van der Waals surface area contributed by atoms with Crippen LogP contribution < -0.4 is 5.32 Å². The number of hydrogen-bond acceptors (Lipinski definition) is 5. The number of benzene rings is 1. The normalized spacial score (nSPS) is 12.3. The Kier molecular flexibility index (Phi) is 4.06. The Bertz CT molecular complexity index is 944. The summed E-state index contributed by atoms with van der Waals surface area (Å²) in [5.74, 6) is -0.199. The van der Waals surface area contributed by atoms with Gasteiger partial charge in [0.25, 0.3) is 11.6 Å². The van der Waals surface area contributed by atoms with E-state index in [0.29, 0.717) is 10.3 Å². The number of carbonyl (C=O) groups excluding carboxylic acids is 1. The van der Waals surface area contributed by atoms with Crippen LogP contribution in [0.5, 0.6) is 0 Å². The summed E-state index contributed by atoms with van der Waals surface area (Å²) in [6.07, 6.45) is 1.74. The maximum atomic E-state index is 12.5. The molecule has 1 aromatic carbocycles. The van der Waals surface area contributed by atoms with E-state index in [1.165, 1.54) is 23.5 Å². The molecular weight excluding hydrogens is 328 g/mol. The SMILES string of the molecule is Cc1c([C@@H](C)NC(=O)c2cc3cc([N+](=O)[O-])ccc3s2)cnn1C. The number of hydrogen-bond donors (Lipinski definition) is 1. The topological polar surface area (TPSA) is 90.1 Å². The highest BCUT2D eigenvalue weighted by Crippen LogP contribution is 2.29. The first-order valence-electron chi connectivity index (χ1n) is 7.34. The molecule has 1 N–H and O–H groups in total. The predicted octanol–water partition coefficient (Wildman–Crippen LogP) is 3.34. The quantitative estimate of drug-likeness (QED) is 0.580. The molecule has 24 heavy (non-hydrogen) atoms. The van der Waals surface area contributed by atoms with Crippen LogP contribution in [0.4, 0.5) is 5.69 Å². The first-order chi connectivity index (χ1) is 11.4. The minimum Gasteiger partial charge on any atom is -0.345 e. The summed E-state index contributed by atoms with van der Waals surface area (Å²) in [4.78, 5) is 23.4. The molecule has 0 aliphatic rings. The summed E-state index contributed by atoms with van der Waals surface area (Å²) in [6, 6.07) is 6.11. The lowest BCUT2D eigenvalue weighted by atomic mass is 10.1. The van der Waals surface area contributed by atoms with Crippen LogP contribution in [0.2, 0.25) is 0 Å². The van der Waals surface area contributed by atoms with Crippen molar-refractivity contribution >= 4 is 33.0 Å². The number of amides is 1. The molecule has 2 heterocycles. The zero-order chi connectivity index (χ0) is 17.4. The third-order valence-corrected chi connectivity index (χ3v) is 5.14. The first-order valence-corrected chi connectivity index (χ1v) is 8.16. The third kappa shape index (κ3) is 2.88. The van der Waals surface area contributed by atoms with E-state index in [4.69, 9.17) is 0 Å². The summed E-state index contributed by atoms with van der Waals surface area (Å²) in [7, 11) is 1.85. The molecule has 3 rings (SSSR count). The standard InChI is InChI=1S/C16H16N4O3S/c1-9(13-8-17-19(3)10(13)2)18-16(21)15-7-11-6-12(20(22)23)4-5-14(11)24-15/h4-9H,1-3H3,(H,18,21)/t9-/m1/s1. The van der Waals surface area contributed by atoms with Crippen molar-refractivity contribution in [3.8, 4) is 0 Å². The number of nitrogens with one attached hydrogen (secondary N) is 1. The van der Waals surface area contributed by atoms with Gasteiger partial charge < -0.3 is 5.32 Å². The second-order valence-electron chi connectivity index (χ2n) is 5.59. The molecular formula is C16H16N4O3S. The number of aromatic nitrogens is 2. The molecule has 0 saturated carbocycles. The van der Waals surface area contributed by atoms with E-state index in [2.05, 4.69) is 10.4 Å². The van der Waals surface area contributed by atoms with Crippen molar-refractivity contribution in [1.29, 1.82) is 0 Å². The van der Waals surface area contributed by atoms with E-state index in [1.807, 2.05) is 20.9 Å². The van der Waals surface area contributed by atoms with Crippen molar-refractivity contribution in [2.24, 2.45) is 7.05 Å². The van der Waals surface area contributed by atoms with Crippen molar-refractivity contribution in [2.75, 3.05) is 0 Å². The van der Waals surface area contributed by atoms with Crippen LogP contribution in [0.25, 0.3) is 10.1 Å². The lowest BCUT2D eigenvalue weighted by molar-refractivity contribution is -0.384. The molecule has 2 aromatic heterocycles. The summed E-state index contributed by atoms with van der Waals surface area (Å²) in [6.45, 7) is 3.85. The molecule has 124 valence electrons. The fourth-order valence-corrected chi connectivity index (χ4v) is 3.49. The zero-order valence-corrected chi connectivity index (χ0v) is 14.3. The third-order valence-electron chi connectivity index (χ3n) is 4.02. The number of nitrogens with zero attached hydrogens (tertiary/aromatic N) is 3. The molecule has 1 amide bonds. The molecule has 1 atom stereocenters. The molecule has 0 fully saturated rings. The van der Waals surface area contributed by atoms with Gasteiger partial charge in [-0.2, -0.15) is 5.10 Å². The summed E-state index contributed by atoms with van der Waals surface area (Å²) in [5, 5.41) is 18.7. The Balaban J connectivity index is 1.83. The number of aryl methyl sites for hydroxylation is 1. The molecule has 0 aliphatic heterocycles. The Morgan fingerprint density at radius 3 is 2.79 bits per heavy atom. The van der Waals surface area contributed by atoms with Crippen molar-refractivity contribution in [3.63, 3.8) is 0 Å². The minimum absolute atomic E-state index is 0.0200. The van der Waals surface area contributed by atoms with Crippen LogP contribution in [-0.4, -0.2) is 20.6 Å². The van der Waals surface area contributed by atoms with Crippen LogP contribution in [0, 0.1) is 17.0 Å². The monoisotopic (exact) mass is 344 g/mol. The maximum Gasteiger partial charge on any atom is 0.270 e. The molecule has 0 bridgehead atoms. The number of fused-ring (bicyclic) bond motifs is 1. The number of rotatable bonds is 4. The van der Waals surface area contributed by atoms with Gasteiger partial charge in [0.2, 0.25) is 0 Å². The van der Waals surface area contributed by atoms with Gasteiger partial charge in [0.15, 0.2) is 0 Å². The molecule has 0 spiro atoms. The van der Waals surface area contributed by atoms with E-state index in [0.717, 1.165) is 16.0 Å². The maximum absolute atomic E-state index is 12.5. The van der Waals surface area contributed by atoms with Gasteiger partial charge in [0.05, 0.1) is 22.0 Å². The smallest absolute Gasteiger partial charge is 0.270 e. The van der Waals surface area contributed by atoms with E-state index in [9.17, 15) is 14.9 Å². The average Bonchev–Trinajstić information content (AvgIpc) is 3.10. The molecule has 7 nitrogen and oxygen atoms in total. The minimum atomic E-state index is -0.440. The molecule has 0 saturated heterocycles. The summed E-state index contributed by atoms with van der Waals surface area (Å²) in [5.41, 5.74) is 1.98. The highest BCUT2D eigenvalue weighted by atomic mass is 32.1. The molecule has 3 aromatic rings. The molecule has 8 heteroatoms. The van der Waals surface area contributed by atoms with Crippen molar-refractivity contribution in [3.05, 3.63) is 56.7 Å². The van der Waals surface area contributed by atoms with Crippen LogP contribution in [0.3, 0.4) is 0 Å². The second-order valence-corrected chi connectivity index (χ2v) is 6.68. The fraction of sp³-hybridized carbons (Fsp3) is 0.250. The first kappa shape index (κ1) is 16.1.